The van der Waals surface area contributed by atoms with Gasteiger partial charge in [0.1, 0.15) is 17.1 Å². The van der Waals surface area contributed by atoms with E-state index in [0.717, 1.165) is 52.1 Å². The quantitative estimate of drug-likeness (QED) is 0.496. The molecule has 1 N–H and O–H groups in total. The lowest BCUT2D eigenvalue weighted by Gasteiger charge is -2.23. The molecule has 148 valence electrons. The molecule has 1 atom stereocenters. The summed E-state index contributed by atoms with van der Waals surface area (Å²) in [6, 6.07) is 7.64. The Morgan fingerprint density at radius 1 is 1.29 bits per heavy atom. The molecule has 0 saturated heterocycles. The zero-order valence-corrected chi connectivity index (χ0v) is 18.2. The summed E-state index contributed by atoms with van der Waals surface area (Å²) in [7, 11) is 1.65. The molecule has 0 amide bonds. The molecule has 1 aliphatic rings. The Kier molecular flexibility index (Phi) is 5.75. The van der Waals surface area contributed by atoms with E-state index >= 15 is 0 Å². The van der Waals surface area contributed by atoms with Crippen molar-refractivity contribution in [3.63, 3.8) is 0 Å². The third-order valence-electron chi connectivity index (χ3n) is 5.22. The van der Waals surface area contributed by atoms with E-state index in [1.54, 1.807) is 39.7 Å². The molecule has 0 bridgehead atoms. The third-order valence-corrected chi connectivity index (χ3v) is 7.17. The van der Waals surface area contributed by atoms with E-state index in [-0.39, 0.29) is 5.56 Å². The standard InChI is InChI=1S/C21H25N3O2S2/c1-4-11-23-12-10-16-17(13-23)28-19-18(16)20(25)24(21(22-19)27-5-2)14-6-8-15(26-3)9-7-14/h6-9H,4-5,10-13H2,1-3H3/p+1. The molecular weight excluding hydrogens is 390 g/mol. The molecule has 2 aromatic heterocycles. The van der Waals surface area contributed by atoms with E-state index in [2.05, 4.69) is 13.8 Å². The molecule has 1 aliphatic heterocycles. The molecule has 0 aliphatic carbocycles. The molecule has 3 aromatic rings. The van der Waals surface area contributed by atoms with Crippen molar-refractivity contribution in [2.45, 2.75) is 38.4 Å². The highest BCUT2D eigenvalue weighted by atomic mass is 32.2. The molecule has 3 heterocycles. The van der Waals surface area contributed by atoms with Crippen LogP contribution in [-0.2, 0) is 13.0 Å². The summed E-state index contributed by atoms with van der Waals surface area (Å²) in [5.74, 6) is 1.65. The van der Waals surface area contributed by atoms with Gasteiger partial charge in [-0.05, 0) is 42.0 Å². The molecule has 0 fully saturated rings. The van der Waals surface area contributed by atoms with E-state index in [1.165, 1.54) is 23.4 Å². The van der Waals surface area contributed by atoms with Gasteiger partial charge >= 0.3 is 0 Å². The van der Waals surface area contributed by atoms with Gasteiger partial charge in [0.15, 0.2) is 5.16 Å². The maximum atomic E-state index is 13.6. The van der Waals surface area contributed by atoms with E-state index < -0.39 is 0 Å². The van der Waals surface area contributed by atoms with Crippen LogP contribution in [0.4, 0.5) is 0 Å². The minimum absolute atomic E-state index is 0.0579. The maximum Gasteiger partial charge on any atom is 0.267 e. The summed E-state index contributed by atoms with van der Waals surface area (Å²) in [4.78, 5) is 22.4. The highest BCUT2D eigenvalue weighted by molar-refractivity contribution is 7.99. The molecule has 1 unspecified atom stereocenters. The van der Waals surface area contributed by atoms with Crippen LogP contribution in [0.2, 0.25) is 0 Å². The first-order valence-electron chi connectivity index (χ1n) is 9.84. The van der Waals surface area contributed by atoms with Gasteiger partial charge in [-0.15, -0.1) is 11.3 Å². The molecule has 7 heteroatoms. The zero-order chi connectivity index (χ0) is 19.7. The Labute approximate surface area is 173 Å². The summed E-state index contributed by atoms with van der Waals surface area (Å²) in [6.45, 7) is 7.62. The summed E-state index contributed by atoms with van der Waals surface area (Å²) < 4.78 is 7.04. The second kappa shape index (κ2) is 8.27. The summed E-state index contributed by atoms with van der Waals surface area (Å²) >= 11 is 3.33. The molecule has 4 rings (SSSR count). The molecular formula is C21H26N3O2S2+. The van der Waals surface area contributed by atoms with Crippen molar-refractivity contribution in [1.29, 1.82) is 0 Å². The van der Waals surface area contributed by atoms with Crippen molar-refractivity contribution in [1.82, 2.24) is 9.55 Å². The van der Waals surface area contributed by atoms with Crippen LogP contribution < -0.4 is 15.2 Å². The topological polar surface area (TPSA) is 48.6 Å². The number of thioether (sulfide) groups is 1. The van der Waals surface area contributed by atoms with Crippen molar-refractivity contribution in [3.05, 3.63) is 45.1 Å². The van der Waals surface area contributed by atoms with Gasteiger partial charge in [0.25, 0.3) is 5.56 Å². The second-order valence-corrected chi connectivity index (χ2v) is 9.34. The monoisotopic (exact) mass is 416 g/mol. The number of thiophene rings is 1. The number of rotatable bonds is 6. The lowest BCUT2D eigenvalue weighted by atomic mass is 10.1. The first kappa shape index (κ1) is 19.5. The molecule has 5 nitrogen and oxygen atoms in total. The van der Waals surface area contributed by atoms with Gasteiger partial charge in [-0.1, -0.05) is 25.6 Å². The van der Waals surface area contributed by atoms with Crippen molar-refractivity contribution < 1.29 is 9.64 Å². The number of methoxy groups -OCH3 is 1. The number of hydrogen-bond acceptors (Lipinski definition) is 5. The highest BCUT2D eigenvalue weighted by Crippen LogP contribution is 2.32. The predicted molar refractivity (Wildman–Crippen MR) is 117 cm³/mol. The van der Waals surface area contributed by atoms with E-state index in [4.69, 9.17) is 9.72 Å². The maximum absolute atomic E-state index is 13.6. The molecule has 0 spiro atoms. The van der Waals surface area contributed by atoms with Crippen molar-refractivity contribution in [2.24, 2.45) is 0 Å². The normalized spacial score (nSPS) is 16.3. The van der Waals surface area contributed by atoms with Crippen LogP contribution in [0.1, 0.15) is 30.7 Å². The highest BCUT2D eigenvalue weighted by Gasteiger charge is 2.27. The van der Waals surface area contributed by atoms with Crippen LogP contribution in [-0.4, -0.2) is 35.5 Å². The summed E-state index contributed by atoms with van der Waals surface area (Å²) in [5.41, 5.74) is 2.13. The molecule has 1 aromatic carbocycles. The van der Waals surface area contributed by atoms with Crippen LogP contribution in [0, 0.1) is 0 Å². The number of ether oxygens (including phenoxy) is 1. The second-order valence-electron chi connectivity index (χ2n) is 7.03. The fourth-order valence-corrected chi connectivity index (χ4v) is 5.98. The minimum Gasteiger partial charge on any atom is -0.497 e. The lowest BCUT2D eigenvalue weighted by Crippen LogP contribution is -3.11. The molecule has 0 saturated carbocycles. The van der Waals surface area contributed by atoms with Gasteiger partial charge in [0.05, 0.1) is 36.2 Å². The van der Waals surface area contributed by atoms with Crippen LogP contribution in [0.15, 0.2) is 34.2 Å². The average Bonchev–Trinajstić information content (AvgIpc) is 3.06. The largest absolute Gasteiger partial charge is 0.497 e. The smallest absolute Gasteiger partial charge is 0.267 e. The average molecular weight is 417 g/mol. The van der Waals surface area contributed by atoms with Gasteiger partial charge in [-0.25, -0.2) is 4.98 Å². The fraction of sp³-hybridized carbons (Fsp3) is 0.429. The van der Waals surface area contributed by atoms with Crippen LogP contribution in [0.3, 0.4) is 0 Å². The minimum atomic E-state index is 0.0579. The SMILES string of the molecule is CCC[NH+]1CCc2c(sc3nc(SCC)n(-c4ccc(OC)cc4)c(=O)c23)C1. The van der Waals surface area contributed by atoms with Gasteiger partial charge < -0.3 is 9.64 Å². The van der Waals surface area contributed by atoms with Gasteiger partial charge in [-0.2, -0.15) is 0 Å². The van der Waals surface area contributed by atoms with E-state index in [0.29, 0.717) is 0 Å². The number of quaternary nitrogens is 1. The number of aromatic nitrogens is 2. The van der Waals surface area contributed by atoms with E-state index in [1.807, 2.05) is 24.3 Å². The lowest BCUT2D eigenvalue weighted by molar-refractivity contribution is -0.915. The third kappa shape index (κ3) is 3.47. The van der Waals surface area contributed by atoms with Crippen LogP contribution >= 0.6 is 23.1 Å². The van der Waals surface area contributed by atoms with Crippen molar-refractivity contribution in [2.75, 3.05) is 26.0 Å². The number of hydrogen-bond donors (Lipinski definition) is 1. The van der Waals surface area contributed by atoms with Crippen molar-refractivity contribution >= 4 is 33.3 Å². The first-order valence-corrected chi connectivity index (χ1v) is 11.6. The van der Waals surface area contributed by atoms with Gasteiger partial charge in [-0.3, -0.25) is 9.36 Å². The van der Waals surface area contributed by atoms with E-state index in [9.17, 15) is 4.79 Å². The number of benzene rings is 1. The Balaban J connectivity index is 1.88. The van der Waals surface area contributed by atoms with Crippen LogP contribution in [0.25, 0.3) is 15.9 Å². The number of fused-ring (bicyclic) bond motifs is 3. The Morgan fingerprint density at radius 2 is 2.07 bits per heavy atom. The zero-order valence-electron chi connectivity index (χ0n) is 16.6. The Hall–Kier alpha value is -1.83. The van der Waals surface area contributed by atoms with Gasteiger partial charge in [0, 0.05) is 6.42 Å². The molecule has 0 radical (unpaired) electrons. The summed E-state index contributed by atoms with van der Waals surface area (Å²) in [5, 5.41) is 1.59. The Morgan fingerprint density at radius 3 is 2.75 bits per heavy atom. The fourth-order valence-electron chi connectivity index (χ4n) is 3.91. The van der Waals surface area contributed by atoms with Crippen LogP contribution in [0.5, 0.6) is 5.75 Å². The first-order chi connectivity index (χ1) is 13.7. The molecule has 28 heavy (non-hydrogen) atoms. The van der Waals surface area contributed by atoms with Gasteiger partial charge in [0.2, 0.25) is 0 Å². The van der Waals surface area contributed by atoms with Crippen molar-refractivity contribution in [3.8, 4) is 11.4 Å². The number of nitrogens with zero attached hydrogens (tertiary/aromatic N) is 2. The Bertz CT molecular complexity index is 1040. The predicted octanol–water partition coefficient (Wildman–Crippen LogP) is 2.92. The summed E-state index contributed by atoms with van der Waals surface area (Å²) in [6.07, 6.45) is 2.15. The number of nitrogens with one attached hydrogen (secondary N) is 1.